The minimum Gasteiger partial charge on any atom is -0.504 e. The zero-order chi connectivity index (χ0) is 12.7. The molecule has 0 bridgehead atoms. The van der Waals surface area contributed by atoms with Crippen LogP contribution in [0.25, 0.3) is 21.8 Å². The Morgan fingerprint density at radius 2 is 1.61 bits per heavy atom. The molecule has 4 nitrogen and oxygen atoms in total. The van der Waals surface area contributed by atoms with E-state index in [1.807, 2.05) is 28.8 Å². The highest BCUT2D eigenvalue weighted by Crippen LogP contribution is 2.36. The summed E-state index contributed by atoms with van der Waals surface area (Å²) >= 11 is 0. The van der Waals surface area contributed by atoms with Gasteiger partial charge in [0.1, 0.15) is 0 Å². The van der Waals surface area contributed by atoms with Gasteiger partial charge in [-0.1, -0.05) is 18.2 Å². The van der Waals surface area contributed by atoms with Crippen molar-refractivity contribution in [3.8, 4) is 11.5 Å². The molecule has 92 valence electrons. The van der Waals surface area contributed by atoms with Gasteiger partial charge in [0.15, 0.2) is 11.5 Å². The molecule has 1 aromatic heterocycles. The van der Waals surface area contributed by atoms with E-state index in [4.69, 9.17) is 5.11 Å². The van der Waals surface area contributed by atoms with E-state index in [1.165, 1.54) is 6.07 Å². The lowest BCUT2D eigenvalue weighted by Crippen LogP contribution is -2.01. The first-order valence-electron chi connectivity index (χ1n) is 5.76. The van der Waals surface area contributed by atoms with Crippen LogP contribution in [0.2, 0.25) is 0 Å². The molecule has 18 heavy (non-hydrogen) atoms. The number of aliphatic hydroxyl groups excluding tert-OH is 1. The number of benzene rings is 2. The number of rotatable bonds is 2. The molecule has 0 radical (unpaired) electrons. The summed E-state index contributed by atoms with van der Waals surface area (Å²) in [5, 5.41) is 30.2. The summed E-state index contributed by atoms with van der Waals surface area (Å²) in [6.07, 6.45) is 0. The van der Waals surface area contributed by atoms with E-state index in [1.54, 1.807) is 6.07 Å². The van der Waals surface area contributed by atoms with Crippen LogP contribution in [-0.4, -0.2) is 26.5 Å². The molecule has 0 unspecified atom stereocenters. The molecule has 0 aliphatic heterocycles. The number of aromatic hydroxyl groups is 2. The van der Waals surface area contributed by atoms with E-state index < -0.39 is 0 Å². The Hall–Kier alpha value is -2.20. The maximum Gasteiger partial charge on any atom is 0.159 e. The quantitative estimate of drug-likeness (QED) is 0.604. The monoisotopic (exact) mass is 243 g/mol. The third kappa shape index (κ3) is 1.43. The smallest absolute Gasteiger partial charge is 0.159 e. The molecule has 4 heteroatoms. The van der Waals surface area contributed by atoms with E-state index >= 15 is 0 Å². The number of hydrogen-bond acceptors (Lipinski definition) is 3. The second kappa shape index (κ2) is 3.92. The number of aromatic nitrogens is 1. The number of phenols is 2. The molecule has 0 saturated heterocycles. The molecule has 0 atom stereocenters. The Labute approximate surface area is 103 Å². The summed E-state index contributed by atoms with van der Waals surface area (Å²) in [6.45, 7) is 0.476. The highest BCUT2D eigenvalue weighted by Gasteiger charge is 2.12. The van der Waals surface area contributed by atoms with Crippen molar-refractivity contribution in [3.05, 3.63) is 36.4 Å². The molecule has 0 spiro atoms. The maximum absolute atomic E-state index is 9.61. The van der Waals surface area contributed by atoms with Crippen LogP contribution in [-0.2, 0) is 6.54 Å². The molecule has 0 amide bonds. The normalized spacial score (nSPS) is 11.4. The molecule has 3 aromatic rings. The van der Waals surface area contributed by atoms with Gasteiger partial charge in [-0.2, -0.15) is 0 Å². The van der Waals surface area contributed by atoms with Crippen LogP contribution in [0.4, 0.5) is 0 Å². The number of para-hydroxylation sites is 1. The van der Waals surface area contributed by atoms with Crippen LogP contribution < -0.4 is 0 Å². The lowest BCUT2D eigenvalue weighted by atomic mass is 10.1. The fourth-order valence-corrected chi connectivity index (χ4v) is 2.41. The molecule has 0 aliphatic rings. The van der Waals surface area contributed by atoms with Crippen molar-refractivity contribution in [2.45, 2.75) is 6.54 Å². The fraction of sp³-hybridized carbons (Fsp3) is 0.143. The van der Waals surface area contributed by atoms with Gasteiger partial charge >= 0.3 is 0 Å². The van der Waals surface area contributed by atoms with Gasteiger partial charge in [0.05, 0.1) is 12.1 Å². The molecule has 0 saturated carbocycles. The van der Waals surface area contributed by atoms with Crippen LogP contribution in [0.5, 0.6) is 11.5 Å². The number of aliphatic hydroxyl groups is 1. The van der Waals surface area contributed by atoms with Crippen molar-refractivity contribution in [1.29, 1.82) is 0 Å². The third-order valence-electron chi connectivity index (χ3n) is 3.19. The van der Waals surface area contributed by atoms with Crippen molar-refractivity contribution >= 4 is 21.8 Å². The molecule has 3 N–H and O–H groups in total. The SMILES string of the molecule is OCCn1c2ccccc2c2cc(O)c(O)cc21. The van der Waals surface area contributed by atoms with E-state index in [-0.39, 0.29) is 18.1 Å². The summed E-state index contributed by atoms with van der Waals surface area (Å²) < 4.78 is 1.93. The Morgan fingerprint density at radius 3 is 2.39 bits per heavy atom. The van der Waals surface area contributed by atoms with Gasteiger partial charge in [-0.3, -0.25) is 0 Å². The second-order valence-electron chi connectivity index (χ2n) is 4.25. The largest absolute Gasteiger partial charge is 0.504 e. The summed E-state index contributed by atoms with van der Waals surface area (Å²) in [5.41, 5.74) is 1.78. The van der Waals surface area contributed by atoms with E-state index in [9.17, 15) is 10.2 Å². The second-order valence-corrected chi connectivity index (χ2v) is 4.25. The summed E-state index contributed by atoms with van der Waals surface area (Å²) in [4.78, 5) is 0. The van der Waals surface area contributed by atoms with Crippen LogP contribution in [0, 0.1) is 0 Å². The number of hydrogen-bond donors (Lipinski definition) is 3. The van der Waals surface area contributed by atoms with E-state index in [0.29, 0.717) is 6.54 Å². The molecule has 0 aliphatic carbocycles. The number of phenolic OH excluding ortho intramolecular Hbond substituents is 2. The minimum atomic E-state index is -0.149. The predicted octanol–water partition coefficient (Wildman–Crippen LogP) is 2.20. The molecular formula is C14H13NO3. The topological polar surface area (TPSA) is 65.6 Å². The maximum atomic E-state index is 9.61. The Bertz CT molecular complexity index is 731. The van der Waals surface area contributed by atoms with Crippen molar-refractivity contribution in [2.24, 2.45) is 0 Å². The third-order valence-corrected chi connectivity index (χ3v) is 3.19. The van der Waals surface area contributed by atoms with Crippen LogP contribution in [0.15, 0.2) is 36.4 Å². The summed E-state index contributed by atoms with van der Waals surface area (Å²) in [7, 11) is 0. The van der Waals surface area contributed by atoms with E-state index in [0.717, 1.165) is 21.8 Å². The molecule has 2 aromatic carbocycles. The first-order chi connectivity index (χ1) is 8.72. The highest BCUT2D eigenvalue weighted by atomic mass is 16.3. The molecule has 0 fully saturated rings. The standard InChI is InChI=1S/C14H13NO3/c16-6-5-15-11-4-2-1-3-9(11)10-7-13(17)14(18)8-12(10)15/h1-4,7-8,16-18H,5-6H2. The van der Waals surface area contributed by atoms with Gasteiger partial charge in [0.2, 0.25) is 0 Å². The highest BCUT2D eigenvalue weighted by molar-refractivity contribution is 6.09. The minimum absolute atomic E-state index is 0.0232. The van der Waals surface area contributed by atoms with Crippen molar-refractivity contribution in [1.82, 2.24) is 4.57 Å². The van der Waals surface area contributed by atoms with Gasteiger partial charge in [-0.15, -0.1) is 0 Å². The average Bonchev–Trinajstić information content (AvgIpc) is 2.66. The number of nitrogens with zero attached hydrogens (tertiary/aromatic N) is 1. The van der Waals surface area contributed by atoms with Crippen molar-refractivity contribution < 1.29 is 15.3 Å². The van der Waals surface area contributed by atoms with Gasteiger partial charge in [-0.25, -0.2) is 0 Å². The van der Waals surface area contributed by atoms with Crippen molar-refractivity contribution in [2.75, 3.05) is 6.61 Å². The molecule has 3 rings (SSSR count). The van der Waals surface area contributed by atoms with Gasteiger partial charge in [0.25, 0.3) is 0 Å². The lowest BCUT2D eigenvalue weighted by Gasteiger charge is -2.05. The van der Waals surface area contributed by atoms with Crippen LogP contribution >= 0.6 is 0 Å². The average molecular weight is 243 g/mol. The van der Waals surface area contributed by atoms with Crippen LogP contribution in [0.3, 0.4) is 0 Å². The van der Waals surface area contributed by atoms with Crippen molar-refractivity contribution in [3.63, 3.8) is 0 Å². The zero-order valence-electron chi connectivity index (χ0n) is 9.67. The Morgan fingerprint density at radius 1 is 0.889 bits per heavy atom. The lowest BCUT2D eigenvalue weighted by molar-refractivity contribution is 0.280. The predicted molar refractivity (Wildman–Crippen MR) is 69.9 cm³/mol. The van der Waals surface area contributed by atoms with Gasteiger partial charge in [0, 0.05) is 28.9 Å². The zero-order valence-corrected chi connectivity index (χ0v) is 9.67. The van der Waals surface area contributed by atoms with E-state index in [2.05, 4.69) is 0 Å². The first-order valence-corrected chi connectivity index (χ1v) is 5.76. The van der Waals surface area contributed by atoms with Crippen LogP contribution in [0.1, 0.15) is 0 Å². The first kappa shape index (κ1) is 10.9. The van der Waals surface area contributed by atoms with Gasteiger partial charge in [-0.05, 0) is 12.1 Å². The Balaban J connectivity index is 2.49. The van der Waals surface area contributed by atoms with Gasteiger partial charge < -0.3 is 19.9 Å². The molecular weight excluding hydrogens is 230 g/mol. The molecule has 1 heterocycles. The summed E-state index contributed by atoms with van der Waals surface area (Å²) in [6, 6.07) is 10.9. The summed E-state index contributed by atoms with van der Waals surface area (Å²) in [5.74, 6) is -0.279. The number of fused-ring (bicyclic) bond motifs is 3. The fourth-order valence-electron chi connectivity index (χ4n) is 2.41. The Kier molecular flexibility index (Phi) is 2.38.